The number of hydrogen-bond donors (Lipinski definition) is 2. The van der Waals surface area contributed by atoms with Crippen molar-refractivity contribution in [3.05, 3.63) is 59.7 Å². The van der Waals surface area contributed by atoms with Gasteiger partial charge in [0.2, 0.25) is 0 Å². The lowest BCUT2D eigenvalue weighted by atomic mass is 10.1. The molecule has 0 aliphatic carbocycles. The van der Waals surface area contributed by atoms with E-state index in [1.807, 2.05) is 24.3 Å². The lowest BCUT2D eigenvalue weighted by molar-refractivity contribution is -0.890. The zero-order valence-electron chi connectivity index (χ0n) is 15.2. The number of amides is 1. The maximum atomic E-state index is 12.2. The van der Waals surface area contributed by atoms with Crippen molar-refractivity contribution < 1.29 is 14.4 Å². The highest BCUT2D eigenvalue weighted by Gasteiger charge is 2.24. The summed E-state index contributed by atoms with van der Waals surface area (Å²) in [6.45, 7) is 4.26. The molecule has 0 radical (unpaired) electrons. The summed E-state index contributed by atoms with van der Waals surface area (Å²) in [7, 11) is 4.50. The van der Waals surface area contributed by atoms with Crippen molar-refractivity contribution in [2.45, 2.75) is 0 Å². The molecule has 2 aromatic rings. The SMILES string of the molecule is C[N+]1(C)CCN(c2ccc(C(=O)N/N=C/c3ccccc3O)cc2)CC1. The number of benzene rings is 2. The number of phenols is 1. The second kappa shape index (κ2) is 7.58. The smallest absolute Gasteiger partial charge is 0.271 e. The Morgan fingerprint density at radius 3 is 2.42 bits per heavy atom. The number of aromatic hydroxyl groups is 1. The second-order valence-electron chi connectivity index (χ2n) is 7.17. The fourth-order valence-corrected chi connectivity index (χ4v) is 2.91. The number of likely N-dealkylation sites (N-methyl/N-ethyl adjacent to an activating group) is 1. The molecular formula is C20H25N4O2+. The molecule has 1 saturated heterocycles. The Balaban J connectivity index is 1.58. The van der Waals surface area contributed by atoms with Gasteiger partial charge in [-0.2, -0.15) is 5.10 Å². The molecule has 0 atom stereocenters. The molecule has 0 aromatic heterocycles. The number of rotatable bonds is 4. The van der Waals surface area contributed by atoms with Gasteiger partial charge in [0.1, 0.15) is 5.75 Å². The number of piperazine rings is 1. The molecule has 1 heterocycles. The molecule has 1 aliphatic heterocycles. The summed E-state index contributed by atoms with van der Waals surface area (Å²) in [4.78, 5) is 14.5. The Bertz CT molecular complexity index is 790. The monoisotopic (exact) mass is 353 g/mol. The van der Waals surface area contributed by atoms with Gasteiger partial charge in [0, 0.05) is 16.8 Å². The summed E-state index contributed by atoms with van der Waals surface area (Å²) in [5.74, 6) is -0.155. The predicted molar refractivity (Wildman–Crippen MR) is 104 cm³/mol. The minimum Gasteiger partial charge on any atom is -0.507 e. The standard InChI is InChI=1S/C20H24N4O2/c1-24(2)13-11-23(12-14-24)18-9-7-16(8-10-18)20(26)22-21-15-17-5-3-4-6-19(17)25/h3-10,15H,11-14H2,1-2H3,(H-,21,22,25,26)/p+1. The maximum absolute atomic E-state index is 12.2. The average molecular weight is 353 g/mol. The predicted octanol–water partition coefficient (Wildman–Crippen LogP) is 2.05. The highest BCUT2D eigenvalue weighted by atomic mass is 16.3. The number of para-hydroxylation sites is 1. The van der Waals surface area contributed by atoms with Gasteiger partial charge in [-0.1, -0.05) is 12.1 Å². The van der Waals surface area contributed by atoms with E-state index in [4.69, 9.17) is 0 Å². The molecular weight excluding hydrogens is 328 g/mol. The fraction of sp³-hybridized carbons (Fsp3) is 0.300. The van der Waals surface area contributed by atoms with Crippen molar-refractivity contribution in [1.29, 1.82) is 0 Å². The summed E-state index contributed by atoms with van der Waals surface area (Å²) in [5, 5.41) is 13.6. The van der Waals surface area contributed by atoms with Crippen LogP contribution in [0.25, 0.3) is 0 Å². The zero-order valence-corrected chi connectivity index (χ0v) is 15.2. The van der Waals surface area contributed by atoms with Gasteiger partial charge in [-0.3, -0.25) is 4.79 Å². The van der Waals surface area contributed by atoms with Gasteiger partial charge < -0.3 is 14.5 Å². The van der Waals surface area contributed by atoms with E-state index in [-0.39, 0.29) is 11.7 Å². The summed E-state index contributed by atoms with van der Waals surface area (Å²) < 4.78 is 1.05. The Kier molecular flexibility index (Phi) is 5.23. The van der Waals surface area contributed by atoms with Crippen molar-refractivity contribution in [3.63, 3.8) is 0 Å². The molecule has 0 spiro atoms. The van der Waals surface area contributed by atoms with Crippen molar-refractivity contribution >= 4 is 17.8 Å². The molecule has 136 valence electrons. The summed E-state index contributed by atoms with van der Waals surface area (Å²) in [6.07, 6.45) is 1.43. The molecule has 2 aromatic carbocycles. The third kappa shape index (κ3) is 4.40. The Morgan fingerprint density at radius 1 is 1.12 bits per heavy atom. The van der Waals surface area contributed by atoms with Crippen LogP contribution in [0.4, 0.5) is 5.69 Å². The van der Waals surface area contributed by atoms with Crippen LogP contribution in [0, 0.1) is 0 Å². The molecule has 26 heavy (non-hydrogen) atoms. The van der Waals surface area contributed by atoms with E-state index in [9.17, 15) is 9.90 Å². The molecule has 0 unspecified atom stereocenters. The quantitative estimate of drug-likeness (QED) is 0.502. The van der Waals surface area contributed by atoms with E-state index >= 15 is 0 Å². The lowest BCUT2D eigenvalue weighted by Gasteiger charge is -2.40. The van der Waals surface area contributed by atoms with E-state index in [1.54, 1.807) is 24.3 Å². The van der Waals surface area contributed by atoms with Crippen LogP contribution in [-0.2, 0) is 0 Å². The second-order valence-corrected chi connectivity index (χ2v) is 7.17. The lowest BCUT2D eigenvalue weighted by Crippen LogP contribution is -2.54. The average Bonchev–Trinajstić information content (AvgIpc) is 2.63. The van der Waals surface area contributed by atoms with E-state index in [2.05, 4.69) is 29.5 Å². The van der Waals surface area contributed by atoms with Crippen molar-refractivity contribution in [2.24, 2.45) is 5.10 Å². The number of phenolic OH excluding ortho intramolecular Hbond substituents is 1. The first-order valence-electron chi connectivity index (χ1n) is 8.73. The van der Waals surface area contributed by atoms with E-state index in [0.717, 1.165) is 36.3 Å². The highest BCUT2D eigenvalue weighted by molar-refractivity contribution is 5.95. The molecule has 6 heteroatoms. The first-order valence-corrected chi connectivity index (χ1v) is 8.73. The molecule has 1 aliphatic rings. The molecule has 2 N–H and O–H groups in total. The van der Waals surface area contributed by atoms with Crippen LogP contribution in [0.3, 0.4) is 0 Å². The van der Waals surface area contributed by atoms with Gasteiger partial charge in [-0.25, -0.2) is 5.43 Å². The highest BCUT2D eigenvalue weighted by Crippen LogP contribution is 2.19. The third-order valence-corrected chi connectivity index (χ3v) is 4.75. The first-order chi connectivity index (χ1) is 12.4. The number of quaternary nitrogens is 1. The summed E-state index contributed by atoms with van der Waals surface area (Å²) in [5.41, 5.74) is 4.73. The molecule has 0 saturated carbocycles. The van der Waals surface area contributed by atoms with Crippen molar-refractivity contribution in [3.8, 4) is 5.75 Å². The number of carbonyl (C=O) groups is 1. The maximum Gasteiger partial charge on any atom is 0.271 e. The largest absolute Gasteiger partial charge is 0.507 e. The van der Waals surface area contributed by atoms with Gasteiger partial charge in [-0.05, 0) is 36.4 Å². The van der Waals surface area contributed by atoms with E-state index in [1.165, 1.54) is 6.21 Å². The fourth-order valence-electron chi connectivity index (χ4n) is 2.91. The Morgan fingerprint density at radius 2 is 1.77 bits per heavy atom. The number of hydrogen-bond acceptors (Lipinski definition) is 4. The van der Waals surface area contributed by atoms with Crippen molar-refractivity contribution in [1.82, 2.24) is 5.43 Å². The Labute approximate surface area is 154 Å². The van der Waals surface area contributed by atoms with Crippen LogP contribution < -0.4 is 10.3 Å². The Hall–Kier alpha value is -2.86. The number of hydrazone groups is 1. The van der Waals surface area contributed by atoms with Gasteiger partial charge in [0.05, 0.1) is 46.5 Å². The molecule has 0 bridgehead atoms. The summed E-state index contributed by atoms with van der Waals surface area (Å²) >= 11 is 0. The van der Waals surface area contributed by atoms with Crippen LogP contribution in [-0.4, -0.2) is 62.0 Å². The number of nitrogens with one attached hydrogen (secondary N) is 1. The topological polar surface area (TPSA) is 64.9 Å². The van der Waals surface area contributed by atoms with Gasteiger partial charge >= 0.3 is 0 Å². The molecule has 1 fully saturated rings. The number of nitrogens with zero attached hydrogens (tertiary/aromatic N) is 3. The zero-order chi connectivity index (χ0) is 18.6. The van der Waals surface area contributed by atoms with Crippen molar-refractivity contribution in [2.75, 3.05) is 45.2 Å². The third-order valence-electron chi connectivity index (χ3n) is 4.75. The van der Waals surface area contributed by atoms with Crippen LogP contribution in [0.1, 0.15) is 15.9 Å². The van der Waals surface area contributed by atoms with Gasteiger partial charge in [0.25, 0.3) is 5.91 Å². The normalized spacial score (nSPS) is 16.6. The molecule has 3 rings (SSSR count). The number of carbonyl (C=O) groups excluding carboxylic acids is 1. The van der Waals surface area contributed by atoms with Gasteiger partial charge in [0.15, 0.2) is 0 Å². The number of anilines is 1. The van der Waals surface area contributed by atoms with Crippen LogP contribution in [0.15, 0.2) is 53.6 Å². The molecule has 1 amide bonds. The van der Waals surface area contributed by atoms with Crippen LogP contribution in [0.5, 0.6) is 5.75 Å². The summed E-state index contributed by atoms with van der Waals surface area (Å²) in [6, 6.07) is 14.4. The van der Waals surface area contributed by atoms with Crippen LogP contribution in [0.2, 0.25) is 0 Å². The molecule has 6 nitrogen and oxygen atoms in total. The van der Waals surface area contributed by atoms with E-state index < -0.39 is 0 Å². The first kappa shape index (κ1) is 17.9. The minimum absolute atomic E-state index is 0.123. The van der Waals surface area contributed by atoms with E-state index in [0.29, 0.717) is 11.1 Å². The van der Waals surface area contributed by atoms with Gasteiger partial charge in [-0.15, -0.1) is 0 Å². The van der Waals surface area contributed by atoms with Crippen LogP contribution >= 0.6 is 0 Å². The minimum atomic E-state index is -0.278.